The summed E-state index contributed by atoms with van der Waals surface area (Å²) in [6.07, 6.45) is 2.17. The number of amides is 2. The minimum atomic E-state index is -0.0390. The molecule has 3 heterocycles. The minimum Gasteiger partial charge on any atom is -0.483 e. The number of rotatable bonds is 8. The van der Waals surface area contributed by atoms with Crippen LogP contribution in [0.3, 0.4) is 0 Å². The summed E-state index contributed by atoms with van der Waals surface area (Å²) in [4.78, 5) is 31.4. The molecule has 7 nitrogen and oxygen atoms in total. The Hall–Kier alpha value is -2.23. The van der Waals surface area contributed by atoms with Crippen LogP contribution in [-0.4, -0.2) is 61.7 Å². The second kappa shape index (κ2) is 9.93. The summed E-state index contributed by atoms with van der Waals surface area (Å²) in [6, 6.07) is 4.01. The van der Waals surface area contributed by atoms with Crippen molar-refractivity contribution in [1.29, 1.82) is 0 Å². The van der Waals surface area contributed by atoms with E-state index >= 15 is 0 Å². The van der Waals surface area contributed by atoms with Crippen LogP contribution in [0, 0.1) is 12.8 Å². The fourth-order valence-corrected chi connectivity index (χ4v) is 5.73. The maximum atomic E-state index is 12.7. The number of hydrogen-bond acceptors (Lipinski definition) is 7. The third-order valence-electron chi connectivity index (χ3n) is 5.56. The van der Waals surface area contributed by atoms with Crippen molar-refractivity contribution in [3.8, 4) is 5.75 Å². The first kappa shape index (κ1) is 22.0. The fourth-order valence-electron chi connectivity index (χ4n) is 3.90. The predicted molar refractivity (Wildman–Crippen MR) is 124 cm³/mol. The molecular weight excluding hydrogens is 434 g/mol. The molecule has 1 aromatic carbocycles. The van der Waals surface area contributed by atoms with Crippen molar-refractivity contribution in [3.63, 3.8) is 0 Å². The molecule has 1 aliphatic rings. The van der Waals surface area contributed by atoms with Gasteiger partial charge in [0.05, 0.1) is 19.9 Å². The molecule has 166 valence electrons. The number of likely N-dealkylation sites (tertiary alicyclic amines) is 1. The number of thiazole rings is 1. The van der Waals surface area contributed by atoms with Crippen molar-refractivity contribution in [1.82, 2.24) is 15.2 Å². The largest absolute Gasteiger partial charge is 0.483 e. The Kier molecular flexibility index (Phi) is 7.04. The molecule has 1 aliphatic heterocycles. The monoisotopic (exact) mass is 461 g/mol. The standard InChI is InChI=1S/C22H27N3O4S2/c1-14-24-20-18(31-14)12-17(16-6-11-30-21(16)20)29-13-19(26)25-8-4-15(5-9-25)22(27)23-7-3-10-28-2/h6,11-12,15H,3-5,7-10,13H2,1-2H3,(H,23,27). The lowest BCUT2D eigenvalue weighted by Crippen LogP contribution is -2.44. The molecule has 0 spiro atoms. The zero-order valence-electron chi connectivity index (χ0n) is 17.8. The van der Waals surface area contributed by atoms with Gasteiger partial charge in [-0.05, 0) is 37.6 Å². The summed E-state index contributed by atoms with van der Waals surface area (Å²) in [5.74, 6) is 0.733. The van der Waals surface area contributed by atoms with Crippen LogP contribution < -0.4 is 10.1 Å². The van der Waals surface area contributed by atoms with Gasteiger partial charge >= 0.3 is 0 Å². The number of thiophene rings is 1. The molecule has 3 aromatic rings. The summed E-state index contributed by atoms with van der Waals surface area (Å²) >= 11 is 3.27. The molecule has 0 unspecified atom stereocenters. The van der Waals surface area contributed by atoms with Crippen LogP contribution in [0.1, 0.15) is 24.3 Å². The first-order valence-corrected chi connectivity index (χ1v) is 12.2. The summed E-state index contributed by atoms with van der Waals surface area (Å²) in [5.41, 5.74) is 1.01. The van der Waals surface area contributed by atoms with E-state index in [0.29, 0.717) is 39.1 Å². The van der Waals surface area contributed by atoms with Gasteiger partial charge in [0.15, 0.2) is 6.61 Å². The number of ether oxygens (including phenoxy) is 2. The Morgan fingerprint density at radius 3 is 2.90 bits per heavy atom. The number of nitrogens with one attached hydrogen (secondary N) is 1. The van der Waals surface area contributed by atoms with E-state index in [4.69, 9.17) is 9.47 Å². The van der Waals surface area contributed by atoms with Crippen molar-refractivity contribution in [2.75, 3.05) is 40.0 Å². The van der Waals surface area contributed by atoms with Crippen molar-refractivity contribution in [2.24, 2.45) is 5.92 Å². The average molecular weight is 462 g/mol. The van der Waals surface area contributed by atoms with E-state index in [1.165, 1.54) is 0 Å². The SMILES string of the molecule is COCCCNC(=O)C1CCN(C(=O)COc2cc3sc(C)nc3c3sccc23)CC1. The van der Waals surface area contributed by atoms with Gasteiger partial charge in [0, 0.05) is 50.7 Å². The Balaban J connectivity index is 1.31. The van der Waals surface area contributed by atoms with Gasteiger partial charge in [0.1, 0.15) is 5.75 Å². The van der Waals surface area contributed by atoms with Crippen molar-refractivity contribution >= 4 is 54.8 Å². The number of aryl methyl sites for hydroxylation is 1. The molecular formula is C22H27N3O4S2. The number of methoxy groups -OCH3 is 1. The van der Waals surface area contributed by atoms with Gasteiger partial charge < -0.3 is 19.7 Å². The van der Waals surface area contributed by atoms with E-state index in [0.717, 1.165) is 37.5 Å². The van der Waals surface area contributed by atoms with Gasteiger partial charge in [-0.3, -0.25) is 9.59 Å². The number of carbonyl (C=O) groups is 2. The maximum absolute atomic E-state index is 12.7. The van der Waals surface area contributed by atoms with Gasteiger partial charge in [-0.15, -0.1) is 22.7 Å². The quantitative estimate of drug-likeness (QED) is 0.519. The number of aromatic nitrogens is 1. The highest BCUT2D eigenvalue weighted by atomic mass is 32.1. The highest BCUT2D eigenvalue weighted by Gasteiger charge is 2.27. The van der Waals surface area contributed by atoms with E-state index in [1.807, 2.05) is 24.4 Å². The highest BCUT2D eigenvalue weighted by molar-refractivity contribution is 7.21. The summed E-state index contributed by atoms with van der Waals surface area (Å²) < 4.78 is 13.1. The number of piperidine rings is 1. The smallest absolute Gasteiger partial charge is 0.260 e. The van der Waals surface area contributed by atoms with Crippen LogP contribution in [0.5, 0.6) is 5.75 Å². The normalized spacial score (nSPS) is 15.0. The van der Waals surface area contributed by atoms with Gasteiger partial charge in [-0.25, -0.2) is 4.98 Å². The zero-order valence-corrected chi connectivity index (χ0v) is 19.4. The topological polar surface area (TPSA) is 80.8 Å². The van der Waals surface area contributed by atoms with Crippen LogP contribution in [0.25, 0.3) is 20.3 Å². The molecule has 0 atom stereocenters. The number of hydrogen-bond donors (Lipinski definition) is 1. The van der Waals surface area contributed by atoms with Crippen molar-refractivity contribution in [3.05, 3.63) is 22.5 Å². The maximum Gasteiger partial charge on any atom is 0.260 e. The minimum absolute atomic E-state index is 0.00210. The van der Waals surface area contributed by atoms with Crippen LogP contribution in [0.2, 0.25) is 0 Å². The van der Waals surface area contributed by atoms with Crippen LogP contribution >= 0.6 is 22.7 Å². The van der Waals surface area contributed by atoms with E-state index in [2.05, 4.69) is 10.3 Å². The zero-order chi connectivity index (χ0) is 21.8. The second-order valence-electron chi connectivity index (χ2n) is 7.70. The molecule has 4 rings (SSSR count). The first-order valence-electron chi connectivity index (χ1n) is 10.5. The Bertz CT molecular complexity index is 1070. The van der Waals surface area contributed by atoms with Crippen LogP contribution in [-0.2, 0) is 14.3 Å². The average Bonchev–Trinajstić information content (AvgIpc) is 3.40. The van der Waals surface area contributed by atoms with Gasteiger partial charge in [0.2, 0.25) is 5.91 Å². The van der Waals surface area contributed by atoms with Gasteiger partial charge in [-0.1, -0.05) is 0 Å². The van der Waals surface area contributed by atoms with E-state index < -0.39 is 0 Å². The van der Waals surface area contributed by atoms with E-state index in [-0.39, 0.29) is 24.3 Å². The molecule has 0 radical (unpaired) electrons. The molecule has 2 aromatic heterocycles. The lowest BCUT2D eigenvalue weighted by Gasteiger charge is -2.31. The lowest BCUT2D eigenvalue weighted by atomic mass is 9.96. The summed E-state index contributed by atoms with van der Waals surface area (Å²) in [6.45, 7) is 4.43. The Morgan fingerprint density at radius 1 is 1.32 bits per heavy atom. The first-order chi connectivity index (χ1) is 15.1. The molecule has 1 saturated heterocycles. The van der Waals surface area contributed by atoms with E-state index in [9.17, 15) is 9.59 Å². The number of carbonyl (C=O) groups excluding carboxylic acids is 2. The molecule has 31 heavy (non-hydrogen) atoms. The predicted octanol–water partition coefficient (Wildman–Crippen LogP) is 3.59. The molecule has 9 heteroatoms. The van der Waals surface area contributed by atoms with E-state index in [1.54, 1.807) is 34.7 Å². The molecule has 0 aliphatic carbocycles. The van der Waals surface area contributed by atoms with Gasteiger partial charge in [-0.2, -0.15) is 0 Å². The lowest BCUT2D eigenvalue weighted by molar-refractivity contribution is -0.137. The second-order valence-corrected chi connectivity index (χ2v) is 9.85. The van der Waals surface area contributed by atoms with Crippen molar-refractivity contribution in [2.45, 2.75) is 26.2 Å². The summed E-state index contributed by atoms with van der Waals surface area (Å²) in [5, 5.41) is 7.00. The molecule has 1 N–H and O–H groups in total. The fraction of sp³-hybridized carbons (Fsp3) is 0.500. The number of benzene rings is 1. The van der Waals surface area contributed by atoms with Crippen LogP contribution in [0.15, 0.2) is 17.5 Å². The molecule has 0 bridgehead atoms. The Labute approximate surface area is 189 Å². The molecule has 2 amide bonds. The highest BCUT2D eigenvalue weighted by Crippen LogP contribution is 2.38. The number of fused-ring (bicyclic) bond motifs is 3. The molecule has 0 saturated carbocycles. The Morgan fingerprint density at radius 2 is 2.13 bits per heavy atom. The molecule has 1 fully saturated rings. The number of nitrogens with zero attached hydrogens (tertiary/aromatic N) is 2. The van der Waals surface area contributed by atoms with Crippen LogP contribution in [0.4, 0.5) is 0 Å². The summed E-state index contributed by atoms with van der Waals surface area (Å²) in [7, 11) is 1.65. The third kappa shape index (κ3) is 4.99. The van der Waals surface area contributed by atoms with Crippen molar-refractivity contribution < 1.29 is 19.1 Å². The third-order valence-corrected chi connectivity index (χ3v) is 7.40. The van der Waals surface area contributed by atoms with Gasteiger partial charge in [0.25, 0.3) is 5.91 Å².